The molecule has 5 nitrogen and oxygen atoms in total. The molecule has 0 aliphatic carbocycles. The molecule has 1 fully saturated rings. The average molecular weight is 216 g/mol. The maximum Gasteiger partial charge on any atom is 0.306 e. The number of carbonyl (C=O) groups is 1. The fraction of sp³-hybridized carbons (Fsp3) is 0.900. The zero-order valence-corrected chi connectivity index (χ0v) is 9.40. The van der Waals surface area contributed by atoms with E-state index >= 15 is 0 Å². The average Bonchev–Trinajstić information content (AvgIpc) is 2.17. The van der Waals surface area contributed by atoms with Crippen LogP contribution in [0.3, 0.4) is 0 Å². The monoisotopic (exact) mass is 216 g/mol. The molecular weight excluding hydrogens is 196 g/mol. The highest BCUT2D eigenvalue weighted by Crippen LogP contribution is 2.29. The topological polar surface area (TPSA) is 75.8 Å². The molecule has 0 atom stereocenters. The minimum atomic E-state index is -0.849. The molecule has 5 heteroatoms. The number of hydrogen-bond donors (Lipinski definition) is 2. The standard InChI is InChI=1S/C10H20N2O3/c1-8(2)12-5-3-10(15-11,4-6-12)7-9(13)14/h8H,3-7,11H2,1-2H3,(H,13,14). The normalized spacial score (nSPS) is 21.9. The maximum atomic E-state index is 10.7. The third kappa shape index (κ3) is 3.15. The highest BCUT2D eigenvalue weighted by Gasteiger charge is 2.37. The molecule has 0 amide bonds. The van der Waals surface area contributed by atoms with Crippen molar-refractivity contribution in [1.29, 1.82) is 0 Å². The van der Waals surface area contributed by atoms with Gasteiger partial charge in [-0.1, -0.05) is 0 Å². The predicted octanol–water partition coefficient (Wildman–Crippen LogP) is 0.594. The van der Waals surface area contributed by atoms with Crippen LogP contribution in [0.1, 0.15) is 33.1 Å². The molecular formula is C10H20N2O3. The second-order valence-corrected chi connectivity index (χ2v) is 4.50. The van der Waals surface area contributed by atoms with Crippen LogP contribution in [0.2, 0.25) is 0 Å². The van der Waals surface area contributed by atoms with E-state index in [4.69, 9.17) is 15.8 Å². The summed E-state index contributed by atoms with van der Waals surface area (Å²) in [5.41, 5.74) is -0.656. The Morgan fingerprint density at radius 3 is 2.40 bits per heavy atom. The van der Waals surface area contributed by atoms with Gasteiger partial charge in [0.2, 0.25) is 0 Å². The number of aliphatic carboxylic acids is 1. The number of likely N-dealkylation sites (tertiary alicyclic amines) is 1. The highest BCUT2D eigenvalue weighted by atomic mass is 16.6. The van der Waals surface area contributed by atoms with E-state index in [1.54, 1.807) is 0 Å². The summed E-state index contributed by atoms with van der Waals surface area (Å²) < 4.78 is 0. The molecule has 0 saturated carbocycles. The number of hydrogen-bond acceptors (Lipinski definition) is 4. The van der Waals surface area contributed by atoms with E-state index in [1.807, 2.05) is 0 Å². The first-order valence-electron chi connectivity index (χ1n) is 5.33. The smallest absolute Gasteiger partial charge is 0.306 e. The zero-order chi connectivity index (χ0) is 11.5. The summed E-state index contributed by atoms with van der Waals surface area (Å²) in [4.78, 5) is 17.9. The van der Waals surface area contributed by atoms with Crippen LogP contribution in [0.5, 0.6) is 0 Å². The van der Waals surface area contributed by atoms with Gasteiger partial charge in [-0.2, -0.15) is 0 Å². The van der Waals surface area contributed by atoms with E-state index in [0.29, 0.717) is 18.9 Å². The Balaban J connectivity index is 2.54. The molecule has 0 spiro atoms. The van der Waals surface area contributed by atoms with Gasteiger partial charge in [-0.3, -0.25) is 9.63 Å². The Labute approximate surface area is 90.1 Å². The van der Waals surface area contributed by atoms with Crippen LogP contribution in [0.25, 0.3) is 0 Å². The summed E-state index contributed by atoms with van der Waals surface area (Å²) in [6.45, 7) is 5.96. The lowest BCUT2D eigenvalue weighted by Gasteiger charge is -2.40. The van der Waals surface area contributed by atoms with Crippen LogP contribution in [0.15, 0.2) is 0 Å². The van der Waals surface area contributed by atoms with Crippen molar-refractivity contribution < 1.29 is 14.7 Å². The molecule has 1 rings (SSSR count). The molecule has 0 aromatic carbocycles. The van der Waals surface area contributed by atoms with E-state index in [2.05, 4.69) is 18.7 Å². The van der Waals surface area contributed by atoms with Gasteiger partial charge in [0.1, 0.15) is 5.60 Å². The predicted molar refractivity (Wildman–Crippen MR) is 56.2 cm³/mol. The van der Waals surface area contributed by atoms with Gasteiger partial charge in [0.15, 0.2) is 0 Å². The van der Waals surface area contributed by atoms with Crippen molar-refractivity contribution in [2.45, 2.75) is 44.8 Å². The van der Waals surface area contributed by atoms with Crippen molar-refractivity contribution in [3.8, 4) is 0 Å². The second-order valence-electron chi connectivity index (χ2n) is 4.50. The lowest BCUT2D eigenvalue weighted by atomic mass is 9.87. The molecule has 15 heavy (non-hydrogen) atoms. The first-order chi connectivity index (χ1) is 6.99. The van der Waals surface area contributed by atoms with Crippen LogP contribution in [-0.2, 0) is 9.63 Å². The van der Waals surface area contributed by atoms with Crippen LogP contribution in [0.4, 0.5) is 0 Å². The quantitative estimate of drug-likeness (QED) is 0.673. The van der Waals surface area contributed by atoms with Gasteiger partial charge in [-0.05, 0) is 26.7 Å². The SMILES string of the molecule is CC(C)N1CCC(CC(=O)O)(ON)CC1. The van der Waals surface area contributed by atoms with Crippen molar-refractivity contribution in [1.82, 2.24) is 4.90 Å². The van der Waals surface area contributed by atoms with E-state index in [1.165, 1.54) is 0 Å². The summed E-state index contributed by atoms with van der Waals surface area (Å²) in [6.07, 6.45) is 1.37. The van der Waals surface area contributed by atoms with E-state index in [9.17, 15) is 4.79 Å². The second kappa shape index (κ2) is 4.92. The first kappa shape index (κ1) is 12.4. The third-order valence-electron chi connectivity index (χ3n) is 3.16. The first-order valence-corrected chi connectivity index (χ1v) is 5.33. The van der Waals surface area contributed by atoms with Gasteiger partial charge < -0.3 is 10.0 Å². The largest absolute Gasteiger partial charge is 0.481 e. The molecule has 1 heterocycles. The Morgan fingerprint density at radius 1 is 1.53 bits per heavy atom. The fourth-order valence-corrected chi connectivity index (χ4v) is 2.06. The lowest BCUT2D eigenvalue weighted by Crippen LogP contribution is -2.50. The molecule has 0 bridgehead atoms. The van der Waals surface area contributed by atoms with Crippen LogP contribution in [0, 0.1) is 0 Å². The van der Waals surface area contributed by atoms with Crippen molar-refractivity contribution >= 4 is 5.97 Å². The minimum absolute atomic E-state index is 0.00453. The van der Waals surface area contributed by atoms with Crippen molar-refractivity contribution in [2.24, 2.45) is 5.90 Å². The van der Waals surface area contributed by atoms with Gasteiger partial charge in [0.05, 0.1) is 6.42 Å². The lowest BCUT2D eigenvalue weighted by molar-refractivity contribution is -0.151. The number of nitrogens with zero attached hydrogens (tertiary/aromatic N) is 1. The number of nitrogens with two attached hydrogens (primary N) is 1. The molecule has 1 aliphatic heterocycles. The number of carboxylic acid groups (broad SMARTS) is 1. The molecule has 3 N–H and O–H groups in total. The molecule has 88 valence electrons. The summed E-state index contributed by atoms with van der Waals surface area (Å²) in [6, 6.07) is 0.491. The highest BCUT2D eigenvalue weighted by molar-refractivity contribution is 5.68. The number of rotatable bonds is 4. The molecule has 1 saturated heterocycles. The molecule has 1 aliphatic rings. The Hall–Kier alpha value is -0.650. The summed E-state index contributed by atoms with van der Waals surface area (Å²) >= 11 is 0. The molecule has 0 aromatic heterocycles. The fourth-order valence-electron chi connectivity index (χ4n) is 2.06. The zero-order valence-electron chi connectivity index (χ0n) is 9.40. The summed E-state index contributed by atoms with van der Waals surface area (Å²) in [5, 5.41) is 8.79. The molecule has 0 aromatic rings. The summed E-state index contributed by atoms with van der Waals surface area (Å²) in [7, 11) is 0. The van der Waals surface area contributed by atoms with Crippen molar-refractivity contribution in [2.75, 3.05) is 13.1 Å². The van der Waals surface area contributed by atoms with E-state index in [-0.39, 0.29) is 6.42 Å². The van der Waals surface area contributed by atoms with Gasteiger partial charge in [0.25, 0.3) is 0 Å². The van der Waals surface area contributed by atoms with Gasteiger partial charge >= 0.3 is 5.97 Å². The Kier molecular flexibility index (Phi) is 4.07. The molecule has 0 unspecified atom stereocenters. The van der Waals surface area contributed by atoms with Gasteiger partial charge in [0, 0.05) is 19.1 Å². The maximum absolute atomic E-state index is 10.7. The van der Waals surface area contributed by atoms with Crippen molar-refractivity contribution in [3.05, 3.63) is 0 Å². The van der Waals surface area contributed by atoms with E-state index in [0.717, 1.165) is 13.1 Å². The van der Waals surface area contributed by atoms with Crippen LogP contribution < -0.4 is 5.90 Å². The van der Waals surface area contributed by atoms with Crippen LogP contribution >= 0.6 is 0 Å². The van der Waals surface area contributed by atoms with Crippen LogP contribution in [-0.4, -0.2) is 40.7 Å². The Morgan fingerprint density at radius 2 is 2.07 bits per heavy atom. The third-order valence-corrected chi connectivity index (χ3v) is 3.16. The van der Waals surface area contributed by atoms with E-state index < -0.39 is 11.6 Å². The number of carboxylic acids is 1. The van der Waals surface area contributed by atoms with Gasteiger partial charge in [-0.15, -0.1) is 0 Å². The molecule has 0 radical (unpaired) electrons. The summed E-state index contributed by atoms with van der Waals surface area (Å²) in [5.74, 6) is 4.38. The number of piperidine rings is 1. The Bertz CT molecular complexity index is 223. The van der Waals surface area contributed by atoms with Gasteiger partial charge in [-0.25, -0.2) is 5.90 Å². The minimum Gasteiger partial charge on any atom is -0.481 e. The van der Waals surface area contributed by atoms with Crippen molar-refractivity contribution in [3.63, 3.8) is 0 Å².